The number of pyridine rings is 1. The summed E-state index contributed by atoms with van der Waals surface area (Å²) in [6.45, 7) is 0.172. The topological polar surface area (TPSA) is 48.4 Å². The Morgan fingerprint density at radius 2 is 2.16 bits per heavy atom. The van der Waals surface area contributed by atoms with Gasteiger partial charge in [0, 0.05) is 11.2 Å². The zero-order valence-corrected chi connectivity index (χ0v) is 11.1. The van der Waals surface area contributed by atoms with Gasteiger partial charge in [0.2, 0.25) is 0 Å². The third-order valence-corrected chi connectivity index (χ3v) is 2.70. The molecule has 4 nitrogen and oxygen atoms in total. The van der Waals surface area contributed by atoms with Crippen molar-refractivity contribution in [1.29, 1.82) is 0 Å². The summed E-state index contributed by atoms with van der Waals surface area (Å²) in [7, 11) is 1.33. The number of rotatable bonds is 4. The van der Waals surface area contributed by atoms with Gasteiger partial charge in [0.1, 0.15) is 12.4 Å². The smallest absolute Gasteiger partial charge is 0.339 e. The van der Waals surface area contributed by atoms with Gasteiger partial charge in [-0.25, -0.2) is 4.79 Å². The maximum atomic E-state index is 11.6. The minimum Gasteiger partial charge on any atom is -0.487 e. The highest BCUT2D eigenvalue weighted by Crippen LogP contribution is 2.18. The molecule has 5 heteroatoms. The average molecular weight is 278 g/mol. The summed E-state index contributed by atoms with van der Waals surface area (Å²) >= 11 is 5.86. The van der Waals surface area contributed by atoms with Crippen molar-refractivity contribution in [1.82, 2.24) is 4.98 Å². The number of esters is 1. The Morgan fingerprint density at radius 1 is 1.32 bits per heavy atom. The molecule has 19 heavy (non-hydrogen) atoms. The molecule has 0 spiro atoms. The van der Waals surface area contributed by atoms with Crippen molar-refractivity contribution in [3.8, 4) is 5.75 Å². The highest BCUT2D eigenvalue weighted by atomic mass is 35.5. The molecule has 0 aliphatic heterocycles. The van der Waals surface area contributed by atoms with Crippen LogP contribution >= 0.6 is 11.6 Å². The summed E-state index contributed by atoms with van der Waals surface area (Å²) in [5.74, 6) is 0.187. The number of nitrogens with zero attached hydrogens (tertiary/aromatic N) is 1. The molecule has 0 radical (unpaired) electrons. The van der Waals surface area contributed by atoms with Gasteiger partial charge in [-0.3, -0.25) is 4.98 Å². The SMILES string of the molecule is COC(=O)c1cccnc1COc1cccc(Cl)c1. The van der Waals surface area contributed by atoms with Gasteiger partial charge in [0.25, 0.3) is 0 Å². The third kappa shape index (κ3) is 3.45. The van der Waals surface area contributed by atoms with Gasteiger partial charge in [-0.1, -0.05) is 17.7 Å². The number of halogens is 1. The Balaban J connectivity index is 2.13. The summed E-state index contributed by atoms with van der Waals surface area (Å²) in [4.78, 5) is 15.7. The van der Waals surface area contributed by atoms with Crippen molar-refractivity contribution < 1.29 is 14.3 Å². The van der Waals surface area contributed by atoms with Crippen LogP contribution in [0.15, 0.2) is 42.6 Å². The van der Waals surface area contributed by atoms with Crippen molar-refractivity contribution in [3.63, 3.8) is 0 Å². The molecule has 0 fully saturated rings. The van der Waals surface area contributed by atoms with Crippen LogP contribution in [-0.4, -0.2) is 18.1 Å². The molecule has 0 saturated carbocycles. The summed E-state index contributed by atoms with van der Waals surface area (Å²) in [6, 6.07) is 10.4. The summed E-state index contributed by atoms with van der Waals surface area (Å²) in [5.41, 5.74) is 0.918. The number of carbonyl (C=O) groups excluding carboxylic acids is 1. The van der Waals surface area contributed by atoms with E-state index in [1.807, 2.05) is 0 Å². The van der Waals surface area contributed by atoms with Gasteiger partial charge < -0.3 is 9.47 Å². The van der Waals surface area contributed by atoms with E-state index in [1.54, 1.807) is 42.6 Å². The minimum atomic E-state index is -0.433. The van der Waals surface area contributed by atoms with Gasteiger partial charge in [0.15, 0.2) is 0 Å². The molecule has 0 N–H and O–H groups in total. The first-order valence-electron chi connectivity index (χ1n) is 5.61. The Hall–Kier alpha value is -2.07. The third-order valence-electron chi connectivity index (χ3n) is 2.47. The molecular weight excluding hydrogens is 266 g/mol. The predicted molar refractivity (Wildman–Crippen MR) is 71.4 cm³/mol. The van der Waals surface area contributed by atoms with E-state index in [0.717, 1.165) is 0 Å². The van der Waals surface area contributed by atoms with Crippen molar-refractivity contribution >= 4 is 17.6 Å². The Morgan fingerprint density at radius 3 is 2.89 bits per heavy atom. The quantitative estimate of drug-likeness (QED) is 0.806. The van der Waals surface area contributed by atoms with Crippen LogP contribution in [0.4, 0.5) is 0 Å². The predicted octanol–water partition coefficient (Wildman–Crippen LogP) is 3.10. The second-order valence-corrected chi connectivity index (χ2v) is 4.17. The van der Waals surface area contributed by atoms with Crippen LogP contribution in [0.1, 0.15) is 16.1 Å². The first-order valence-corrected chi connectivity index (χ1v) is 5.99. The van der Waals surface area contributed by atoms with E-state index >= 15 is 0 Å². The van der Waals surface area contributed by atoms with Gasteiger partial charge in [-0.05, 0) is 30.3 Å². The standard InChI is InChI=1S/C14H12ClNO3/c1-18-14(17)12-6-3-7-16-13(12)9-19-11-5-2-4-10(15)8-11/h2-8H,9H2,1H3. The van der Waals surface area contributed by atoms with E-state index in [0.29, 0.717) is 22.0 Å². The maximum absolute atomic E-state index is 11.6. The van der Waals surface area contributed by atoms with E-state index in [2.05, 4.69) is 4.98 Å². The van der Waals surface area contributed by atoms with Crippen LogP contribution in [0.2, 0.25) is 5.02 Å². The van der Waals surface area contributed by atoms with Gasteiger partial charge in [-0.2, -0.15) is 0 Å². The lowest BCUT2D eigenvalue weighted by Crippen LogP contribution is -2.09. The lowest BCUT2D eigenvalue weighted by atomic mass is 10.2. The zero-order chi connectivity index (χ0) is 13.7. The second-order valence-electron chi connectivity index (χ2n) is 3.74. The second kappa shape index (κ2) is 6.20. The molecule has 2 aromatic rings. The van der Waals surface area contributed by atoms with E-state index in [9.17, 15) is 4.79 Å². The van der Waals surface area contributed by atoms with Gasteiger partial charge >= 0.3 is 5.97 Å². The van der Waals surface area contributed by atoms with Crippen LogP contribution < -0.4 is 4.74 Å². The van der Waals surface area contributed by atoms with Gasteiger partial charge in [-0.15, -0.1) is 0 Å². The molecule has 0 bridgehead atoms. The van der Waals surface area contributed by atoms with E-state index in [4.69, 9.17) is 21.1 Å². The van der Waals surface area contributed by atoms with Crippen molar-refractivity contribution in [3.05, 3.63) is 58.9 Å². The van der Waals surface area contributed by atoms with E-state index < -0.39 is 5.97 Å². The fourth-order valence-electron chi connectivity index (χ4n) is 1.56. The molecule has 2 rings (SSSR count). The van der Waals surface area contributed by atoms with Crippen molar-refractivity contribution in [2.75, 3.05) is 7.11 Å². The van der Waals surface area contributed by atoms with Crippen LogP contribution in [0.3, 0.4) is 0 Å². The maximum Gasteiger partial charge on any atom is 0.339 e. The Bertz CT molecular complexity index is 586. The zero-order valence-electron chi connectivity index (χ0n) is 10.3. The highest BCUT2D eigenvalue weighted by Gasteiger charge is 2.12. The number of carbonyl (C=O) groups is 1. The average Bonchev–Trinajstić information content (AvgIpc) is 2.45. The number of benzene rings is 1. The Labute approximate surface area is 115 Å². The summed E-state index contributed by atoms with van der Waals surface area (Å²) in [6.07, 6.45) is 1.60. The summed E-state index contributed by atoms with van der Waals surface area (Å²) < 4.78 is 10.2. The number of methoxy groups -OCH3 is 1. The van der Waals surface area contributed by atoms with Gasteiger partial charge in [0.05, 0.1) is 18.4 Å². The molecule has 0 aliphatic carbocycles. The van der Waals surface area contributed by atoms with Crippen LogP contribution in [0.25, 0.3) is 0 Å². The molecule has 0 amide bonds. The lowest BCUT2D eigenvalue weighted by molar-refractivity contribution is 0.0597. The normalized spacial score (nSPS) is 10.0. The number of hydrogen-bond donors (Lipinski definition) is 0. The number of ether oxygens (including phenoxy) is 2. The van der Waals surface area contributed by atoms with Crippen molar-refractivity contribution in [2.24, 2.45) is 0 Å². The molecule has 0 atom stereocenters. The molecule has 1 heterocycles. The fourth-order valence-corrected chi connectivity index (χ4v) is 1.74. The van der Waals surface area contributed by atoms with Crippen molar-refractivity contribution in [2.45, 2.75) is 6.61 Å². The summed E-state index contributed by atoms with van der Waals surface area (Å²) in [5, 5.41) is 0.590. The first kappa shape index (κ1) is 13.4. The van der Waals surface area contributed by atoms with Crippen LogP contribution in [-0.2, 0) is 11.3 Å². The van der Waals surface area contributed by atoms with E-state index in [1.165, 1.54) is 7.11 Å². The molecule has 98 valence electrons. The molecule has 1 aromatic carbocycles. The molecule has 0 aliphatic rings. The van der Waals surface area contributed by atoms with Crippen LogP contribution in [0.5, 0.6) is 5.75 Å². The monoisotopic (exact) mass is 277 g/mol. The molecule has 0 unspecified atom stereocenters. The Kier molecular flexibility index (Phi) is 4.36. The molecule has 0 saturated heterocycles. The fraction of sp³-hybridized carbons (Fsp3) is 0.143. The highest BCUT2D eigenvalue weighted by molar-refractivity contribution is 6.30. The lowest BCUT2D eigenvalue weighted by Gasteiger charge is -2.09. The minimum absolute atomic E-state index is 0.172. The molecule has 1 aromatic heterocycles. The first-order chi connectivity index (χ1) is 9.20. The number of hydrogen-bond acceptors (Lipinski definition) is 4. The van der Waals surface area contributed by atoms with Crippen LogP contribution in [0, 0.1) is 0 Å². The largest absolute Gasteiger partial charge is 0.487 e. The number of aromatic nitrogens is 1. The molecular formula is C14H12ClNO3. The van der Waals surface area contributed by atoms with E-state index in [-0.39, 0.29) is 6.61 Å².